The first kappa shape index (κ1) is 21.8. The van der Waals surface area contributed by atoms with Gasteiger partial charge in [0.15, 0.2) is 5.96 Å². The highest BCUT2D eigenvalue weighted by Crippen LogP contribution is 2.10. The lowest BCUT2D eigenvalue weighted by Gasteiger charge is -2.14. The predicted molar refractivity (Wildman–Crippen MR) is 116 cm³/mol. The molecule has 1 aromatic heterocycles. The third-order valence-corrected chi connectivity index (χ3v) is 3.83. The molecule has 0 radical (unpaired) electrons. The van der Waals surface area contributed by atoms with E-state index in [0.717, 1.165) is 36.3 Å². The molecule has 138 valence electrons. The minimum absolute atomic E-state index is 0. The monoisotopic (exact) mass is 475 g/mol. The number of benzene rings is 1. The Morgan fingerprint density at radius 2 is 2.12 bits per heavy atom. The molecule has 5 nitrogen and oxygen atoms in total. The van der Waals surface area contributed by atoms with Crippen LogP contribution in [0.15, 0.2) is 41.7 Å². The molecule has 1 heterocycles. The first-order chi connectivity index (χ1) is 11.6. The lowest BCUT2D eigenvalue weighted by Crippen LogP contribution is -2.38. The lowest BCUT2D eigenvalue weighted by atomic mass is 10.1. The summed E-state index contributed by atoms with van der Waals surface area (Å²) in [6.45, 7) is 6.82. The Morgan fingerprint density at radius 1 is 1.32 bits per heavy atom. The second-order valence-corrected chi connectivity index (χ2v) is 6.56. The fourth-order valence-electron chi connectivity index (χ4n) is 2.47. The van der Waals surface area contributed by atoms with Crippen LogP contribution in [0.3, 0.4) is 0 Å². The van der Waals surface area contributed by atoms with Crippen molar-refractivity contribution in [1.82, 2.24) is 20.2 Å². The summed E-state index contributed by atoms with van der Waals surface area (Å²) in [6.07, 6.45) is 4.75. The molecule has 2 N–H and O–H groups in total. The molecular weight excluding hydrogens is 449 g/mol. The van der Waals surface area contributed by atoms with Crippen molar-refractivity contribution in [2.75, 3.05) is 13.6 Å². The van der Waals surface area contributed by atoms with E-state index in [1.165, 1.54) is 5.56 Å². The topological polar surface area (TPSA) is 54.2 Å². The van der Waals surface area contributed by atoms with Crippen molar-refractivity contribution in [2.24, 2.45) is 10.9 Å². The number of aromatic nitrogens is 2. The lowest BCUT2D eigenvalue weighted by molar-refractivity contribution is 0.503. The van der Waals surface area contributed by atoms with Crippen LogP contribution in [0.5, 0.6) is 0 Å². The predicted octanol–water partition coefficient (Wildman–Crippen LogP) is 3.72. The molecule has 0 atom stereocenters. The number of hydrogen-bond acceptors (Lipinski definition) is 2. The smallest absolute Gasteiger partial charge is 0.191 e. The Labute approximate surface area is 172 Å². The minimum Gasteiger partial charge on any atom is -0.356 e. The molecule has 0 bridgehead atoms. The van der Waals surface area contributed by atoms with E-state index < -0.39 is 0 Å². The summed E-state index contributed by atoms with van der Waals surface area (Å²) in [5.41, 5.74) is 1.21. The Kier molecular flexibility index (Phi) is 9.89. The number of halogens is 2. The Balaban J connectivity index is 0.00000312. The van der Waals surface area contributed by atoms with E-state index >= 15 is 0 Å². The number of imidazole rings is 1. The minimum atomic E-state index is 0. The van der Waals surface area contributed by atoms with Crippen LogP contribution in [0.2, 0.25) is 5.02 Å². The third-order valence-electron chi connectivity index (χ3n) is 3.60. The van der Waals surface area contributed by atoms with Crippen molar-refractivity contribution in [3.8, 4) is 0 Å². The van der Waals surface area contributed by atoms with Crippen molar-refractivity contribution in [3.05, 3.63) is 53.1 Å². The largest absolute Gasteiger partial charge is 0.356 e. The van der Waals surface area contributed by atoms with Crippen LogP contribution in [-0.4, -0.2) is 29.1 Å². The van der Waals surface area contributed by atoms with Crippen LogP contribution < -0.4 is 10.6 Å². The molecule has 25 heavy (non-hydrogen) atoms. The molecule has 2 aromatic rings. The van der Waals surface area contributed by atoms with Crippen molar-refractivity contribution >= 4 is 41.5 Å². The first-order valence-electron chi connectivity index (χ1n) is 8.27. The normalized spacial score (nSPS) is 11.3. The van der Waals surface area contributed by atoms with E-state index in [2.05, 4.69) is 45.1 Å². The summed E-state index contributed by atoms with van der Waals surface area (Å²) in [4.78, 5) is 8.67. The Hall–Kier alpha value is -1.28. The van der Waals surface area contributed by atoms with Crippen molar-refractivity contribution in [3.63, 3.8) is 0 Å². The molecule has 0 amide bonds. The highest BCUT2D eigenvalue weighted by Gasteiger charge is 2.06. The van der Waals surface area contributed by atoms with Gasteiger partial charge in [0.25, 0.3) is 0 Å². The number of nitrogens with one attached hydrogen (secondary N) is 2. The van der Waals surface area contributed by atoms with Crippen molar-refractivity contribution in [1.29, 1.82) is 0 Å². The van der Waals surface area contributed by atoms with Gasteiger partial charge in [0.2, 0.25) is 0 Å². The summed E-state index contributed by atoms with van der Waals surface area (Å²) in [6, 6.07) is 7.92. The zero-order valence-corrected chi connectivity index (χ0v) is 18.1. The molecule has 0 spiro atoms. The molecule has 0 unspecified atom stereocenters. The maximum atomic E-state index is 6.01. The van der Waals surface area contributed by atoms with E-state index in [-0.39, 0.29) is 24.0 Å². The molecule has 2 rings (SSSR count). The van der Waals surface area contributed by atoms with E-state index in [0.29, 0.717) is 12.5 Å². The number of guanidine groups is 1. The van der Waals surface area contributed by atoms with Gasteiger partial charge in [-0.1, -0.05) is 37.6 Å². The standard InChI is InChI=1S/C18H26ClN5.HI/c1-14(2)13-24-10-9-21-17(24)12-23-18(20-3)22-8-7-15-5-4-6-16(19)11-15;/h4-6,9-11,14H,7-8,12-13H2,1-3H3,(H2,20,22,23);1H. The van der Waals surface area contributed by atoms with Crippen LogP contribution in [0.25, 0.3) is 0 Å². The van der Waals surface area contributed by atoms with Crippen molar-refractivity contribution in [2.45, 2.75) is 33.4 Å². The SMILES string of the molecule is CN=C(NCCc1cccc(Cl)c1)NCc1nccn1CC(C)C.I. The number of aliphatic imine (C=N–C) groups is 1. The quantitative estimate of drug-likeness (QED) is 0.365. The van der Waals surface area contributed by atoms with Gasteiger partial charge in [0, 0.05) is 37.6 Å². The zero-order chi connectivity index (χ0) is 17.4. The van der Waals surface area contributed by atoms with Crippen molar-refractivity contribution < 1.29 is 0 Å². The van der Waals surface area contributed by atoms with Crippen LogP contribution >= 0.6 is 35.6 Å². The fourth-order valence-corrected chi connectivity index (χ4v) is 2.68. The van der Waals surface area contributed by atoms with Gasteiger partial charge in [-0.25, -0.2) is 4.98 Å². The maximum absolute atomic E-state index is 6.01. The van der Waals surface area contributed by atoms with E-state index in [1.807, 2.05) is 30.6 Å². The molecule has 0 aliphatic heterocycles. The molecule has 0 saturated carbocycles. The molecule has 0 aliphatic rings. The van der Waals surface area contributed by atoms with E-state index in [4.69, 9.17) is 11.6 Å². The molecule has 0 aliphatic carbocycles. The molecule has 1 aromatic carbocycles. The number of hydrogen-bond donors (Lipinski definition) is 2. The van der Waals surface area contributed by atoms with Crippen LogP contribution in [0.4, 0.5) is 0 Å². The average Bonchev–Trinajstić information content (AvgIpc) is 2.97. The van der Waals surface area contributed by atoms with Crippen LogP contribution in [0.1, 0.15) is 25.2 Å². The summed E-state index contributed by atoms with van der Waals surface area (Å²) in [7, 11) is 1.77. The van der Waals surface area contributed by atoms with Gasteiger partial charge in [0.05, 0.1) is 6.54 Å². The second kappa shape index (κ2) is 11.4. The average molecular weight is 476 g/mol. The van der Waals surface area contributed by atoms with Crippen LogP contribution in [0, 0.1) is 5.92 Å². The van der Waals surface area contributed by atoms with Crippen LogP contribution in [-0.2, 0) is 19.5 Å². The summed E-state index contributed by atoms with van der Waals surface area (Å²) < 4.78 is 2.18. The fraction of sp³-hybridized carbons (Fsp3) is 0.444. The number of rotatable bonds is 7. The second-order valence-electron chi connectivity index (χ2n) is 6.12. The van der Waals surface area contributed by atoms with Gasteiger partial charge in [0.1, 0.15) is 5.82 Å². The van der Waals surface area contributed by atoms with E-state index in [1.54, 1.807) is 7.05 Å². The summed E-state index contributed by atoms with van der Waals surface area (Å²) in [5.74, 6) is 2.38. The highest BCUT2D eigenvalue weighted by atomic mass is 127. The zero-order valence-electron chi connectivity index (χ0n) is 15.0. The maximum Gasteiger partial charge on any atom is 0.191 e. The third kappa shape index (κ3) is 7.64. The molecule has 0 saturated heterocycles. The number of nitrogens with zero attached hydrogens (tertiary/aromatic N) is 3. The van der Waals surface area contributed by atoms with Gasteiger partial charge in [-0.15, -0.1) is 24.0 Å². The Bertz CT molecular complexity index is 669. The van der Waals surface area contributed by atoms with Gasteiger partial charge in [-0.05, 0) is 30.0 Å². The summed E-state index contributed by atoms with van der Waals surface area (Å²) >= 11 is 6.01. The first-order valence-corrected chi connectivity index (χ1v) is 8.65. The van der Waals surface area contributed by atoms with Gasteiger partial charge >= 0.3 is 0 Å². The van der Waals surface area contributed by atoms with E-state index in [9.17, 15) is 0 Å². The highest BCUT2D eigenvalue weighted by molar-refractivity contribution is 14.0. The van der Waals surface area contributed by atoms with Gasteiger partial charge < -0.3 is 15.2 Å². The molecule has 0 fully saturated rings. The molecular formula is C18H27ClIN5. The van der Waals surface area contributed by atoms with Gasteiger partial charge in [-0.2, -0.15) is 0 Å². The summed E-state index contributed by atoms with van der Waals surface area (Å²) in [5, 5.41) is 7.40. The Morgan fingerprint density at radius 3 is 2.80 bits per heavy atom. The van der Waals surface area contributed by atoms with Gasteiger partial charge in [-0.3, -0.25) is 4.99 Å². The molecule has 7 heteroatoms.